The first kappa shape index (κ1) is 8.19. The van der Waals surface area contributed by atoms with Crippen molar-refractivity contribution in [2.24, 2.45) is 5.73 Å². The fraction of sp³-hybridized carbons (Fsp3) is 0. The highest BCUT2D eigenvalue weighted by Crippen LogP contribution is 2.34. The van der Waals surface area contributed by atoms with Gasteiger partial charge < -0.3 is 21.1 Å². The van der Waals surface area contributed by atoms with Gasteiger partial charge in [0.1, 0.15) is 11.3 Å². The normalized spacial score (nSPS) is 9.67. The van der Waals surface area contributed by atoms with Gasteiger partial charge in [0.05, 0.1) is 0 Å². The largest absolute Gasteiger partial charge is 0.507 e. The lowest BCUT2D eigenvalue weighted by Crippen LogP contribution is -2.11. The van der Waals surface area contributed by atoms with Gasteiger partial charge in [0.2, 0.25) is 0 Å². The fourth-order valence-corrected chi connectivity index (χ4v) is 0.812. The molecule has 64 valence electrons. The summed E-state index contributed by atoms with van der Waals surface area (Å²) in [6.45, 7) is 0. The number of benzene rings is 1. The minimum Gasteiger partial charge on any atom is -0.507 e. The van der Waals surface area contributed by atoms with Gasteiger partial charge in [-0.05, 0) is 12.1 Å². The maximum atomic E-state index is 10.6. The van der Waals surface area contributed by atoms with Crippen molar-refractivity contribution in [3.63, 3.8) is 0 Å². The molecule has 0 unspecified atom stereocenters. The molecule has 0 radical (unpaired) electrons. The van der Waals surface area contributed by atoms with Gasteiger partial charge in [0.25, 0.3) is 5.91 Å². The number of amides is 1. The number of carbonyl (C=O) groups is 1. The summed E-state index contributed by atoms with van der Waals surface area (Å²) in [5.41, 5.74) is 4.34. The first-order valence-corrected chi connectivity index (χ1v) is 3.07. The van der Waals surface area contributed by atoms with E-state index in [0.29, 0.717) is 0 Å². The molecule has 5 N–H and O–H groups in total. The Hall–Kier alpha value is -1.91. The van der Waals surface area contributed by atoms with Crippen molar-refractivity contribution >= 4 is 5.91 Å². The minimum absolute atomic E-state index is 0.460. The van der Waals surface area contributed by atoms with Crippen LogP contribution in [0.25, 0.3) is 0 Å². The van der Waals surface area contributed by atoms with E-state index in [-0.39, 0.29) is 0 Å². The first-order chi connectivity index (χ1) is 5.54. The molecule has 0 aliphatic heterocycles. The average molecular weight is 169 g/mol. The summed E-state index contributed by atoms with van der Waals surface area (Å²) in [4.78, 5) is 10.6. The molecule has 0 atom stereocenters. The summed E-state index contributed by atoms with van der Waals surface area (Å²) < 4.78 is 0. The Morgan fingerprint density at radius 1 is 1.17 bits per heavy atom. The zero-order chi connectivity index (χ0) is 9.30. The van der Waals surface area contributed by atoms with Gasteiger partial charge in [-0.1, -0.05) is 0 Å². The monoisotopic (exact) mass is 169 g/mol. The van der Waals surface area contributed by atoms with Crippen molar-refractivity contribution in [1.82, 2.24) is 0 Å². The molecular formula is C7H7NO4. The van der Waals surface area contributed by atoms with Crippen LogP contribution in [0.2, 0.25) is 0 Å². The molecule has 1 aromatic rings. The van der Waals surface area contributed by atoms with E-state index < -0.39 is 28.7 Å². The second-order valence-corrected chi connectivity index (χ2v) is 2.19. The number of nitrogens with two attached hydrogens (primary N) is 1. The number of phenols is 3. The molecule has 1 rings (SSSR count). The number of hydrogen-bond acceptors (Lipinski definition) is 4. The lowest BCUT2D eigenvalue weighted by atomic mass is 10.1. The van der Waals surface area contributed by atoms with Gasteiger partial charge in [0, 0.05) is 0 Å². The summed E-state index contributed by atoms with van der Waals surface area (Å²) >= 11 is 0. The van der Waals surface area contributed by atoms with E-state index in [0.717, 1.165) is 12.1 Å². The van der Waals surface area contributed by atoms with Crippen LogP contribution in [-0.2, 0) is 0 Å². The third kappa shape index (κ3) is 1.12. The molecule has 0 saturated heterocycles. The number of rotatable bonds is 1. The minimum atomic E-state index is -0.999. The maximum Gasteiger partial charge on any atom is 0.256 e. The molecule has 0 heterocycles. The van der Waals surface area contributed by atoms with Crippen molar-refractivity contribution in [1.29, 1.82) is 0 Å². The zero-order valence-electron chi connectivity index (χ0n) is 5.98. The Morgan fingerprint density at radius 2 is 1.67 bits per heavy atom. The summed E-state index contributed by atoms with van der Waals surface area (Å²) in [5.74, 6) is -2.66. The fourth-order valence-electron chi connectivity index (χ4n) is 0.812. The lowest BCUT2D eigenvalue weighted by Gasteiger charge is -2.03. The van der Waals surface area contributed by atoms with Crippen molar-refractivity contribution in [2.75, 3.05) is 0 Å². The summed E-state index contributed by atoms with van der Waals surface area (Å²) in [6, 6.07) is 2.12. The van der Waals surface area contributed by atoms with Crippen molar-refractivity contribution in [2.45, 2.75) is 0 Å². The Morgan fingerprint density at radius 3 is 2.08 bits per heavy atom. The molecule has 0 aliphatic rings. The molecule has 0 aliphatic carbocycles. The molecule has 0 aromatic heterocycles. The van der Waals surface area contributed by atoms with Crippen LogP contribution in [-0.4, -0.2) is 21.2 Å². The highest BCUT2D eigenvalue weighted by atomic mass is 16.3. The Balaban J connectivity index is 3.43. The van der Waals surface area contributed by atoms with E-state index in [4.69, 9.17) is 21.1 Å². The molecule has 0 bridgehead atoms. The number of carbonyl (C=O) groups excluding carboxylic acids is 1. The standard InChI is InChI=1S/C7H7NO4/c8-7(12)5-3(9)1-2-4(10)6(5)11/h1-2,9-11H,(H2,8,12). The molecule has 1 amide bonds. The van der Waals surface area contributed by atoms with Crippen LogP contribution >= 0.6 is 0 Å². The van der Waals surface area contributed by atoms with E-state index in [1.807, 2.05) is 0 Å². The third-order valence-corrected chi connectivity index (χ3v) is 1.38. The molecule has 0 spiro atoms. The first-order valence-electron chi connectivity index (χ1n) is 3.07. The van der Waals surface area contributed by atoms with Crippen molar-refractivity contribution < 1.29 is 20.1 Å². The SMILES string of the molecule is NC(=O)c1c(O)ccc(O)c1O. The second kappa shape index (κ2) is 2.61. The zero-order valence-corrected chi connectivity index (χ0v) is 5.98. The number of phenolic OH excluding ortho intramolecular Hbond substituents is 1. The van der Waals surface area contributed by atoms with Crippen molar-refractivity contribution in [3.05, 3.63) is 17.7 Å². The highest BCUT2D eigenvalue weighted by Gasteiger charge is 2.15. The van der Waals surface area contributed by atoms with Gasteiger partial charge in [0.15, 0.2) is 11.5 Å². The Kier molecular flexibility index (Phi) is 1.78. The molecule has 5 nitrogen and oxygen atoms in total. The van der Waals surface area contributed by atoms with E-state index in [2.05, 4.69) is 0 Å². The van der Waals surface area contributed by atoms with Gasteiger partial charge in [-0.25, -0.2) is 0 Å². The van der Waals surface area contributed by atoms with Crippen LogP contribution < -0.4 is 5.73 Å². The smallest absolute Gasteiger partial charge is 0.256 e. The Bertz CT molecular complexity index is 334. The predicted molar refractivity (Wildman–Crippen MR) is 40.0 cm³/mol. The van der Waals surface area contributed by atoms with Crippen LogP contribution in [0.5, 0.6) is 17.2 Å². The van der Waals surface area contributed by atoms with Crippen LogP contribution in [0.4, 0.5) is 0 Å². The molecular weight excluding hydrogens is 162 g/mol. The van der Waals surface area contributed by atoms with Crippen molar-refractivity contribution in [3.8, 4) is 17.2 Å². The van der Waals surface area contributed by atoms with Crippen LogP contribution in [0.1, 0.15) is 10.4 Å². The third-order valence-electron chi connectivity index (χ3n) is 1.38. The predicted octanol–water partition coefficient (Wildman–Crippen LogP) is -0.0977. The number of primary amides is 1. The molecule has 5 heteroatoms. The summed E-state index contributed by atoms with van der Waals surface area (Å²) in [5, 5.41) is 27.0. The molecule has 12 heavy (non-hydrogen) atoms. The maximum absolute atomic E-state index is 10.6. The number of hydrogen-bond donors (Lipinski definition) is 4. The average Bonchev–Trinajstić information content (AvgIpc) is 1.97. The second-order valence-electron chi connectivity index (χ2n) is 2.19. The Labute approximate surface area is 67.7 Å². The van der Waals surface area contributed by atoms with Crippen LogP contribution in [0, 0.1) is 0 Å². The van der Waals surface area contributed by atoms with E-state index in [9.17, 15) is 4.79 Å². The number of aromatic hydroxyl groups is 3. The summed E-state index contributed by atoms with van der Waals surface area (Å²) in [6.07, 6.45) is 0. The summed E-state index contributed by atoms with van der Waals surface area (Å²) in [7, 11) is 0. The quantitative estimate of drug-likeness (QED) is 0.348. The molecule has 0 fully saturated rings. The van der Waals surface area contributed by atoms with Gasteiger partial charge in [-0.3, -0.25) is 4.79 Å². The van der Waals surface area contributed by atoms with Gasteiger partial charge >= 0.3 is 0 Å². The van der Waals surface area contributed by atoms with E-state index in [1.54, 1.807) is 0 Å². The van der Waals surface area contributed by atoms with E-state index in [1.165, 1.54) is 0 Å². The lowest BCUT2D eigenvalue weighted by molar-refractivity contribution is 0.0994. The van der Waals surface area contributed by atoms with E-state index >= 15 is 0 Å². The van der Waals surface area contributed by atoms with Crippen LogP contribution in [0.15, 0.2) is 12.1 Å². The molecule has 0 saturated carbocycles. The molecule has 1 aromatic carbocycles. The van der Waals surface area contributed by atoms with Crippen LogP contribution in [0.3, 0.4) is 0 Å². The topological polar surface area (TPSA) is 104 Å². The van der Waals surface area contributed by atoms with Gasteiger partial charge in [-0.15, -0.1) is 0 Å². The highest BCUT2D eigenvalue weighted by molar-refractivity contribution is 5.99. The van der Waals surface area contributed by atoms with Gasteiger partial charge in [-0.2, -0.15) is 0 Å².